The molecule has 27 heavy (non-hydrogen) atoms. The quantitative estimate of drug-likeness (QED) is 0.256. The molecule has 3 heteroatoms. The summed E-state index contributed by atoms with van der Waals surface area (Å²) < 4.78 is 0. The van der Waals surface area contributed by atoms with Gasteiger partial charge in [0.1, 0.15) is 11.3 Å². The predicted molar refractivity (Wildman–Crippen MR) is 114 cm³/mol. The van der Waals surface area contributed by atoms with E-state index in [-0.39, 0.29) is 11.3 Å². The number of allylic oxidation sites excluding steroid dienone is 4. The van der Waals surface area contributed by atoms with Gasteiger partial charge in [-0.1, -0.05) is 81.9 Å². The van der Waals surface area contributed by atoms with E-state index < -0.39 is 5.97 Å². The van der Waals surface area contributed by atoms with Crippen molar-refractivity contribution in [2.75, 3.05) is 0 Å². The van der Waals surface area contributed by atoms with Gasteiger partial charge < -0.3 is 10.2 Å². The lowest BCUT2D eigenvalue weighted by Gasteiger charge is -2.07. The molecule has 0 saturated heterocycles. The number of aromatic hydroxyl groups is 1. The van der Waals surface area contributed by atoms with Gasteiger partial charge in [0.25, 0.3) is 0 Å². The minimum absolute atomic E-state index is 0.0597. The summed E-state index contributed by atoms with van der Waals surface area (Å²) in [5, 5.41) is 18.9. The first kappa shape index (κ1) is 23.0. The van der Waals surface area contributed by atoms with Crippen LogP contribution in [0.1, 0.15) is 93.5 Å². The van der Waals surface area contributed by atoms with Crippen molar-refractivity contribution in [1.29, 1.82) is 0 Å². The van der Waals surface area contributed by atoms with Crippen molar-refractivity contribution in [1.82, 2.24) is 0 Å². The Morgan fingerprint density at radius 1 is 0.889 bits per heavy atom. The molecule has 0 bridgehead atoms. The maximum absolute atomic E-state index is 11.2. The van der Waals surface area contributed by atoms with Crippen LogP contribution >= 0.6 is 0 Å². The Hall–Kier alpha value is -2.03. The number of phenols is 1. The number of carboxylic acid groups (broad SMARTS) is 1. The van der Waals surface area contributed by atoms with Gasteiger partial charge in [0.05, 0.1) is 0 Å². The molecule has 0 saturated carbocycles. The van der Waals surface area contributed by atoms with E-state index in [0.717, 1.165) is 31.2 Å². The second-order valence-corrected chi connectivity index (χ2v) is 7.10. The minimum atomic E-state index is -1.05. The van der Waals surface area contributed by atoms with Crippen LogP contribution in [0, 0.1) is 0 Å². The van der Waals surface area contributed by atoms with Crippen LogP contribution in [0.4, 0.5) is 0 Å². The summed E-state index contributed by atoms with van der Waals surface area (Å²) in [6.45, 7) is 2.22. The molecule has 0 fully saturated rings. The van der Waals surface area contributed by atoms with E-state index in [0.29, 0.717) is 6.42 Å². The number of rotatable bonds is 15. The number of aryl methyl sites for hydroxylation is 1. The van der Waals surface area contributed by atoms with Crippen molar-refractivity contribution in [2.24, 2.45) is 0 Å². The van der Waals surface area contributed by atoms with Gasteiger partial charge in [-0.25, -0.2) is 4.79 Å². The highest BCUT2D eigenvalue weighted by Crippen LogP contribution is 2.23. The fourth-order valence-electron chi connectivity index (χ4n) is 3.16. The molecular formula is C24H36O3. The Morgan fingerprint density at radius 3 is 2.19 bits per heavy atom. The van der Waals surface area contributed by atoms with Crippen molar-refractivity contribution in [3.05, 3.63) is 53.6 Å². The molecule has 0 aromatic heterocycles. The molecule has 0 spiro atoms. The first-order chi connectivity index (χ1) is 13.2. The Bertz CT molecular complexity index is 587. The van der Waals surface area contributed by atoms with E-state index >= 15 is 0 Å². The van der Waals surface area contributed by atoms with Crippen LogP contribution < -0.4 is 0 Å². The molecule has 1 aromatic rings. The normalized spacial score (nSPS) is 11.6. The van der Waals surface area contributed by atoms with Crippen LogP contribution in [0.3, 0.4) is 0 Å². The zero-order valence-electron chi connectivity index (χ0n) is 16.8. The summed E-state index contributed by atoms with van der Waals surface area (Å²) in [5.74, 6) is -1.18. The fraction of sp³-hybridized carbons (Fsp3) is 0.542. The number of unbranched alkanes of at least 4 members (excludes halogenated alkanes) is 8. The average molecular weight is 373 g/mol. The lowest BCUT2D eigenvalue weighted by Crippen LogP contribution is -2.03. The van der Waals surface area contributed by atoms with Crippen molar-refractivity contribution < 1.29 is 15.0 Å². The summed E-state index contributed by atoms with van der Waals surface area (Å²) in [6, 6.07) is 4.95. The lowest BCUT2D eigenvalue weighted by atomic mass is 9.99. The third-order valence-electron chi connectivity index (χ3n) is 4.74. The monoisotopic (exact) mass is 372 g/mol. The molecule has 0 heterocycles. The van der Waals surface area contributed by atoms with Crippen LogP contribution in [0.25, 0.3) is 0 Å². The van der Waals surface area contributed by atoms with Crippen molar-refractivity contribution >= 4 is 5.97 Å². The van der Waals surface area contributed by atoms with E-state index in [1.54, 1.807) is 12.1 Å². The predicted octanol–water partition coefficient (Wildman–Crippen LogP) is 7.06. The van der Waals surface area contributed by atoms with Crippen molar-refractivity contribution in [3.8, 4) is 5.75 Å². The molecule has 1 rings (SSSR count). The number of benzene rings is 1. The number of carbonyl (C=O) groups is 1. The summed E-state index contributed by atoms with van der Waals surface area (Å²) in [5.41, 5.74) is 0.792. The number of aromatic carboxylic acids is 1. The minimum Gasteiger partial charge on any atom is -0.507 e. The second kappa shape index (κ2) is 15.1. The largest absolute Gasteiger partial charge is 0.507 e. The van der Waals surface area contributed by atoms with Crippen LogP contribution in [0.15, 0.2) is 42.5 Å². The van der Waals surface area contributed by atoms with E-state index in [2.05, 4.69) is 31.2 Å². The average Bonchev–Trinajstić information content (AvgIpc) is 2.64. The molecule has 0 radical (unpaired) electrons. The Balaban J connectivity index is 2.03. The molecule has 0 aliphatic heterocycles. The van der Waals surface area contributed by atoms with Gasteiger partial charge in [0.2, 0.25) is 0 Å². The van der Waals surface area contributed by atoms with Gasteiger partial charge in [-0.2, -0.15) is 0 Å². The Labute approximate surface area is 164 Å². The molecule has 0 unspecified atom stereocenters. The summed E-state index contributed by atoms with van der Waals surface area (Å²) >= 11 is 0. The number of carboxylic acids is 1. The zero-order valence-corrected chi connectivity index (χ0v) is 16.8. The molecule has 0 aliphatic rings. The van der Waals surface area contributed by atoms with Crippen LogP contribution in [0.2, 0.25) is 0 Å². The first-order valence-corrected chi connectivity index (χ1v) is 10.5. The number of hydrogen-bond acceptors (Lipinski definition) is 2. The molecule has 2 N–H and O–H groups in total. The van der Waals surface area contributed by atoms with Crippen LogP contribution in [0.5, 0.6) is 5.75 Å². The van der Waals surface area contributed by atoms with E-state index in [4.69, 9.17) is 0 Å². The lowest BCUT2D eigenvalue weighted by molar-refractivity contribution is 0.0692. The number of hydrogen-bond donors (Lipinski definition) is 2. The van der Waals surface area contributed by atoms with Crippen molar-refractivity contribution in [3.63, 3.8) is 0 Å². The molecular weight excluding hydrogens is 336 g/mol. The molecule has 0 aliphatic carbocycles. The Kier molecular flexibility index (Phi) is 12.8. The molecule has 0 atom stereocenters. The summed E-state index contributed by atoms with van der Waals surface area (Å²) in [4.78, 5) is 11.2. The van der Waals surface area contributed by atoms with Gasteiger partial charge in [-0.05, 0) is 50.2 Å². The molecule has 150 valence electrons. The van der Waals surface area contributed by atoms with Gasteiger partial charge in [0, 0.05) is 0 Å². The highest BCUT2D eigenvalue weighted by molar-refractivity contribution is 5.92. The second-order valence-electron chi connectivity index (χ2n) is 7.10. The molecule has 0 amide bonds. The fourth-order valence-corrected chi connectivity index (χ4v) is 3.16. The third-order valence-corrected chi connectivity index (χ3v) is 4.74. The topological polar surface area (TPSA) is 57.5 Å². The van der Waals surface area contributed by atoms with Gasteiger partial charge >= 0.3 is 5.97 Å². The van der Waals surface area contributed by atoms with E-state index in [9.17, 15) is 15.0 Å². The molecule has 1 aromatic carbocycles. The van der Waals surface area contributed by atoms with Crippen LogP contribution in [-0.2, 0) is 6.42 Å². The highest BCUT2D eigenvalue weighted by atomic mass is 16.4. The van der Waals surface area contributed by atoms with Gasteiger partial charge in [0.15, 0.2) is 0 Å². The van der Waals surface area contributed by atoms with E-state index in [1.165, 1.54) is 51.0 Å². The van der Waals surface area contributed by atoms with Gasteiger partial charge in [-0.3, -0.25) is 0 Å². The summed E-state index contributed by atoms with van der Waals surface area (Å²) in [6.07, 6.45) is 22.8. The summed E-state index contributed by atoms with van der Waals surface area (Å²) in [7, 11) is 0. The highest BCUT2D eigenvalue weighted by Gasteiger charge is 2.14. The van der Waals surface area contributed by atoms with Gasteiger partial charge in [-0.15, -0.1) is 0 Å². The third kappa shape index (κ3) is 10.6. The Morgan fingerprint density at radius 2 is 1.52 bits per heavy atom. The standard InChI is InChI=1S/C24H36O3/c1-2-3-4-5-6-7-8-9-10-11-12-13-14-15-16-18-21-19-17-20-22(25)23(21)24(26)27/h5-6,8-9,17,19-20,25H,2-4,7,10-16,18H2,1H3,(H,26,27)/b6-5-,9-8+. The zero-order chi connectivity index (χ0) is 19.7. The molecule has 3 nitrogen and oxygen atoms in total. The smallest absolute Gasteiger partial charge is 0.339 e. The maximum Gasteiger partial charge on any atom is 0.339 e. The van der Waals surface area contributed by atoms with Crippen molar-refractivity contribution in [2.45, 2.75) is 84.0 Å². The first-order valence-electron chi connectivity index (χ1n) is 10.5. The maximum atomic E-state index is 11.2. The van der Waals surface area contributed by atoms with E-state index in [1.807, 2.05) is 0 Å². The SMILES string of the molecule is CCCC/C=C\C/C=C/CCCCCCCCc1cccc(O)c1C(=O)O. The van der Waals surface area contributed by atoms with Crippen LogP contribution in [-0.4, -0.2) is 16.2 Å².